The van der Waals surface area contributed by atoms with Crippen molar-refractivity contribution in [2.75, 3.05) is 32.9 Å². The summed E-state index contributed by atoms with van der Waals surface area (Å²) in [5, 5.41) is 9.07. The van der Waals surface area contributed by atoms with E-state index >= 15 is 0 Å². The minimum Gasteiger partial charge on any atom is -0.395 e. The zero-order valence-corrected chi connectivity index (χ0v) is 8.54. The van der Waals surface area contributed by atoms with Gasteiger partial charge in [0.15, 0.2) is 0 Å². The number of nitrogens with zero attached hydrogens (tertiary/aromatic N) is 1. The average Bonchev–Trinajstić information content (AvgIpc) is 2.60. The fraction of sp³-hybridized carbons (Fsp3) is 1.00. The monoisotopic (exact) mass is 187 g/mol. The number of aliphatic hydroxyl groups excluding tert-OH is 1. The van der Waals surface area contributed by atoms with E-state index in [0.717, 1.165) is 39.1 Å². The van der Waals surface area contributed by atoms with Crippen molar-refractivity contribution in [2.24, 2.45) is 0 Å². The lowest BCUT2D eigenvalue weighted by Crippen LogP contribution is -2.33. The minimum atomic E-state index is 0.314. The van der Waals surface area contributed by atoms with E-state index in [9.17, 15) is 0 Å². The van der Waals surface area contributed by atoms with Gasteiger partial charge in [-0.25, -0.2) is 0 Å². The van der Waals surface area contributed by atoms with Gasteiger partial charge in [-0.15, -0.1) is 0 Å². The molecule has 1 rings (SSSR count). The zero-order chi connectivity index (χ0) is 9.52. The summed E-state index contributed by atoms with van der Waals surface area (Å²) >= 11 is 0. The molecule has 0 bridgehead atoms. The number of hydrogen-bond acceptors (Lipinski definition) is 3. The summed E-state index contributed by atoms with van der Waals surface area (Å²) in [5.74, 6) is 0. The van der Waals surface area contributed by atoms with E-state index in [1.807, 2.05) is 6.92 Å². The highest BCUT2D eigenvalue weighted by atomic mass is 16.5. The minimum absolute atomic E-state index is 0.314. The molecule has 0 aromatic carbocycles. The summed E-state index contributed by atoms with van der Waals surface area (Å²) in [6.45, 7) is 6.22. The Bertz CT molecular complexity index is 130. The predicted molar refractivity (Wildman–Crippen MR) is 52.8 cm³/mol. The first-order chi connectivity index (χ1) is 6.38. The molecule has 1 N–H and O–H groups in total. The van der Waals surface area contributed by atoms with Gasteiger partial charge in [-0.2, -0.15) is 0 Å². The molecule has 0 aromatic heterocycles. The first-order valence-corrected chi connectivity index (χ1v) is 5.31. The molecule has 3 nitrogen and oxygen atoms in total. The number of likely N-dealkylation sites (tertiary alicyclic amines) is 1. The van der Waals surface area contributed by atoms with Crippen molar-refractivity contribution in [3.8, 4) is 0 Å². The molecule has 1 unspecified atom stereocenters. The third-order valence-corrected chi connectivity index (χ3v) is 2.65. The van der Waals surface area contributed by atoms with Gasteiger partial charge in [0, 0.05) is 25.8 Å². The Morgan fingerprint density at radius 1 is 1.54 bits per heavy atom. The summed E-state index contributed by atoms with van der Waals surface area (Å²) < 4.78 is 5.27. The second-order valence-corrected chi connectivity index (χ2v) is 3.57. The first kappa shape index (κ1) is 11.0. The third-order valence-electron chi connectivity index (χ3n) is 2.65. The Labute approximate surface area is 80.7 Å². The van der Waals surface area contributed by atoms with Gasteiger partial charge in [-0.1, -0.05) is 0 Å². The topological polar surface area (TPSA) is 32.7 Å². The molecule has 1 aliphatic heterocycles. The fourth-order valence-corrected chi connectivity index (χ4v) is 1.91. The van der Waals surface area contributed by atoms with Crippen molar-refractivity contribution in [3.05, 3.63) is 0 Å². The van der Waals surface area contributed by atoms with Crippen LogP contribution in [0.1, 0.15) is 26.2 Å². The smallest absolute Gasteiger partial charge is 0.0586 e. The van der Waals surface area contributed by atoms with Crippen LogP contribution in [-0.4, -0.2) is 49.0 Å². The van der Waals surface area contributed by atoms with Gasteiger partial charge in [-0.3, -0.25) is 4.90 Å². The molecular weight excluding hydrogens is 166 g/mol. The predicted octanol–water partition coefficient (Wildman–Crippen LogP) is 0.870. The van der Waals surface area contributed by atoms with Crippen molar-refractivity contribution in [1.29, 1.82) is 0 Å². The summed E-state index contributed by atoms with van der Waals surface area (Å²) in [6.07, 6.45) is 3.48. The Balaban J connectivity index is 2.06. The highest BCUT2D eigenvalue weighted by Crippen LogP contribution is 2.16. The number of hydrogen-bond donors (Lipinski definition) is 1. The van der Waals surface area contributed by atoms with Crippen LogP contribution in [0.2, 0.25) is 0 Å². The van der Waals surface area contributed by atoms with Gasteiger partial charge in [0.25, 0.3) is 0 Å². The molecule has 0 aliphatic carbocycles. The second-order valence-electron chi connectivity index (χ2n) is 3.57. The lowest BCUT2D eigenvalue weighted by Gasteiger charge is -2.22. The third kappa shape index (κ3) is 3.63. The molecule has 1 heterocycles. The summed E-state index contributed by atoms with van der Waals surface area (Å²) in [4.78, 5) is 2.37. The van der Waals surface area contributed by atoms with Crippen LogP contribution in [-0.2, 0) is 4.74 Å². The van der Waals surface area contributed by atoms with Gasteiger partial charge < -0.3 is 9.84 Å². The van der Waals surface area contributed by atoms with Gasteiger partial charge in [0.2, 0.25) is 0 Å². The Hall–Kier alpha value is -0.120. The van der Waals surface area contributed by atoms with E-state index in [1.54, 1.807) is 0 Å². The highest BCUT2D eigenvalue weighted by molar-refractivity contribution is 4.77. The summed E-state index contributed by atoms with van der Waals surface area (Å²) in [5.41, 5.74) is 0. The van der Waals surface area contributed by atoms with E-state index < -0.39 is 0 Å². The Morgan fingerprint density at radius 3 is 3.08 bits per heavy atom. The van der Waals surface area contributed by atoms with Crippen LogP contribution < -0.4 is 0 Å². The van der Waals surface area contributed by atoms with Crippen molar-refractivity contribution in [3.63, 3.8) is 0 Å². The maximum Gasteiger partial charge on any atom is 0.0586 e. The second kappa shape index (κ2) is 6.35. The normalized spacial score (nSPS) is 24.0. The maximum absolute atomic E-state index is 9.07. The van der Waals surface area contributed by atoms with Crippen LogP contribution in [0.15, 0.2) is 0 Å². The van der Waals surface area contributed by atoms with Crippen LogP contribution >= 0.6 is 0 Å². The Morgan fingerprint density at radius 2 is 2.38 bits per heavy atom. The van der Waals surface area contributed by atoms with E-state index in [0.29, 0.717) is 12.6 Å². The quantitative estimate of drug-likeness (QED) is 0.626. The standard InChI is InChI=1S/C10H21NO2/c1-2-13-8-4-7-11-6-3-5-10(11)9-12/h10,12H,2-9H2,1H3. The first-order valence-electron chi connectivity index (χ1n) is 5.31. The molecule has 3 heteroatoms. The molecule has 1 aliphatic rings. The number of rotatable bonds is 6. The van der Waals surface area contributed by atoms with Crippen molar-refractivity contribution in [1.82, 2.24) is 4.90 Å². The van der Waals surface area contributed by atoms with Gasteiger partial charge in [0.05, 0.1) is 6.61 Å². The van der Waals surface area contributed by atoms with Crippen LogP contribution in [0.4, 0.5) is 0 Å². The SMILES string of the molecule is CCOCCCN1CCCC1CO. The van der Waals surface area contributed by atoms with Crippen LogP contribution in [0.3, 0.4) is 0 Å². The largest absolute Gasteiger partial charge is 0.395 e. The average molecular weight is 187 g/mol. The lowest BCUT2D eigenvalue weighted by molar-refractivity contribution is 0.116. The molecule has 0 radical (unpaired) electrons. The molecule has 13 heavy (non-hydrogen) atoms. The maximum atomic E-state index is 9.07. The van der Waals surface area contributed by atoms with Crippen LogP contribution in [0, 0.1) is 0 Å². The van der Waals surface area contributed by atoms with Crippen LogP contribution in [0.5, 0.6) is 0 Å². The molecular formula is C10H21NO2. The van der Waals surface area contributed by atoms with Crippen molar-refractivity contribution >= 4 is 0 Å². The molecule has 0 saturated carbocycles. The fourth-order valence-electron chi connectivity index (χ4n) is 1.91. The van der Waals surface area contributed by atoms with Crippen molar-refractivity contribution in [2.45, 2.75) is 32.2 Å². The molecule has 78 valence electrons. The molecule has 1 saturated heterocycles. The van der Waals surface area contributed by atoms with E-state index in [2.05, 4.69) is 4.90 Å². The van der Waals surface area contributed by atoms with Gasteiger partial charge in [0.1, 0.15) is 0 Å². The molecule has 0 spiro atoms. The Kier molecular flexibility index (Phi) is 5.35. The van der Waals surface area contributed by atoms with E-state index in [-0.39, 0.29) is 0 Å². The molecule has 1 fully saturated rings. The van der Waals surface area contributed by atoms with Crippen LogP contribution in [0.25, 0.3) is 0 Å². The summed E-state index contributed by atoms with van der Waals surface area (Å²) in [6, 6.07) is 0.418. The molecule has 0 amide bonds. The number of ether oxygens (including phenoxy) is 1. The van der Waals surface area contributed by atoms with Gasteiger partial charge >= 0.3 is 0 Å². The van der Waals surface area contributed by atoms with E-state index in [4.69, 9.17) is 9.84 Å². The number of aliphatic hydroxyl groups is 1. The zero-order valence-electron chi connectivity index (χ0n) is 8.54. The van der Waals surface area contributed by atoms with Gasteiger partial charge in [-0.05, 0) is 32.7 Å². The molecule has 1 atom stereocenters. The molecule has 0 aromatic rings. The highest BCUT2D eigenvalue weighted by Gasteiger charge is 2.22. The van der Waals surface area contributed by atoms with E-state index in [1.165, 1.54) is 6.42 Å². The lowest BCUT2D eigenvalue weighted by atomic mass is 10.2. The summed E-state index contributed by atoms with van der Waals surface area (Å²) in [7, 11) is 0. The van der Waals surface area contributed by atoms with Crippen molar-refractivity contribution < 1.29 is 9.84 Å².